The Balaban J connectivity index is 1.72. The van der Waals surface area contributed by atoms with Crippen molar-refractivity contribution >= 4 is 0 Å². The van der Waals surface area contributed by atoms with Crippen LogP contribution in [0.25, 0.3) is 33.4 Å². The third kappa shape index (κ3) is 4.36. The molecular weight excluding hydrogens is 420 g/mol. The van der Waals surface area contributed by atoms with Crippen molar-refractivity contribution in [2.75, 3.05) is 0 Å². The number of hydrogen-bond donors (Lipinski definition) is 0. The van der Waals surface area contributed by atoms with Crippen LogP contribution in [0, 0.1) is 13.8 Å². The van der Waals surface area contributed by atoms with Gasteiger partial charge in [0, 0.05) is 0 Å². The molecule has 0 saturated heterocycles. The van der Waals surface area contributed by atoms with E-state index in [9.17, 15) is 0 Å². The van der Waals surface area contributed by atoms with Gasteiger partial charge in [-0.15, -0.1) is 0 Å². The Morgan fingerprint density at radius 1 is 0.457 bits per heavy atom. The van der Waals surface area contributed by atoms with Gasteiger partial charge in [-0.25, -0.2) is 0 Å². The first-order valence-electron chi connectivity index (χ1n) is 12.9. The predicted molar refractivity (Wildman–Crippen MR) is 152 cm³/mol. The first-order valence-corrected chi connectivity index (χ1v) is 12.9. The smallest absolute Gasteiger partial charge is 0.00130 e. The second kappa shape index (κ2) is 8.23. The van der Waals surface area contributed by atoms with Gasteiger partial charge in [0.2, 0.25) is 0 Å². The van der Waals surface area contributed by atoms with Crippen molar-refractivity contribution in [3.63, 3.8) is 0 Å². The average Bonchev–Trinajstić information content (AvgIpc) is 3.14. The van der Waals surface area contributed by atoms with Gasteiger partial charge in [-0.1, -0.05) is 101 Å². The van der Waals surface area contributed by atoms with Crippen molar-refractivity contribution in [3.8, 4) is 33.4 Å². The summed E-state index contributed by atoms with van der Waals surface area (Å²) >= 11 is 0. The van der Waals surface area contributed by atoms with Crippen LogP contribution in [-0.2, 0) is 17.3 Å². The third-order valence-corrected chi connectivity index (χ3v) is 7.50. The topological polar surface area (TPSA) is 0 Å². The van der Waals surface area contributed by atoms with Gasteiger partial charge in [0.15, 0.2) is 0 Å². The van der Waals surface area contributed by atoms with Gasteiger partial charge >= 0.3 is 0 Å². The van der Waals surface area contributed by atoms with Crippen LogP contribution in [0.2, 0.25) is 0 Å². The Bertz CT molecular complexity index is 1290. The predicted octanol–water partition coefficient (Wildman–Crippen LogP) is 9.80. The molecule has 0 atom stereocenters. The zero-order valence-electron chi connectivity index (χ0n) is 22.6. The highest BCUT2D eigenvalue weighted by Gasteiger charge is 2.29. The molecule has 1 aliphatic carbocycles. The lowest BCUT2D eigenvalue weighted by molar-refractivity contribution is 0.591. The fourth-order valence-electron chi connectivity index (χ4n) is 5.47. The van der Waals surface area contributed by atoms with Crippen molar-refractivity contribution in [3.05, 3.63) is 106 Å². The molecule has 0 nitrogen and oxygen atoms in total. The van der Waals surface area contributed by atoms with Gasteiger partial charge in [-0.05, 0) is 111 Å². The second-order valence-corrected chi connectivity index (χ2v) is 12.5. The summed E-state index contributed by atoms with van der Waals surface area (Å²) in [7, 11) is 0. The molecule has 178 valence electrons. The quantitative estimate of drug-likeness (QED) is 0.247. The molecule has 0 aromatic heterocycles. The summed E-state index contributed by atoms with van der Waals surface area (Å²) in [5.41, 5.74) is 16.7. The Hall–Kier alpha value is -3.12. The second-order valence-electron chi connectivity index (χ2n) is 12.5. The van der Waals surface area contributed by atoms with E-state index in [2.05, 4.69) is 128 Å². The van der Waals surface area contributed by atoms with Crippen molar-refractivity contribution in [2.24, 2.45) is 0 Å². The molecule has 4 aromatic carbocycles. The molecular formula is C35H38. The normalized spacial score (nSPS) is 13.0. The Morgan fingerprint density at radius 2 is 0.800 bits per heavy atom. The first-order chi connectivity index (χ1) is 16.4. The van der Waals surface area contributed by atoms with Gasteiger partial charge in [-0.2, -0.15) is 0 Å². The molecule has 0 bridgehead atoms. The fourth-order valence-corrected chi connectivity index (χ4v) is 5.47. The van der Waals surface area contributed by atoms with E-state index in [-0.39, 0.29) is 10.8 Å². The zero-order chi connectivity index (χ0) is 25.1. The summed E-state index contributed by atoms with van der Waals surface area (Å²) in [4.78, 5) is 0. The summed E-state index contributed by atoms with van der Waals surface area (Å²) < 4.78 is 0. The maximum Gasteiger partial charge on any atom is -0.00130 e. The van der Waals surface area contributed by atoms with E-state index >= 15 is 0 Å². The van der Waals surface area contributed by atoms with Crippen molar-refractivity contribution in [1.82, 2.24) is 0 Å². The van der Waals surface area contributed by atoms with Crippen LogP contribution in [0.5, 0.6) is 0 Å². The molecule has 0 radical (unpaired) electrons. The van der Waals surface area contributed by atoms with Crippen molar-refractivity contribution < 1.29 is 0 Å². The number of rotatable bonds is 2. The van der Waals surface area contributed by atoms with Crippen LogP contribution < -0.4 is 0 Å². The monoisotopic (exact) mass is 458 g/mol. The highest BCUT2D eigenvalue weighted by molar-refractivity contribution is 5.86. The van der Waals surface area contributed by atoms with Crippen LogP contribution >= 0.6 is 0 Å². The SMILES string of the molecule is Cc1ccc(-c2cc3c(cc2C(C)(C)C)-c2cc(C(C)(C)C)c(-c4ccc(C)cc4)cc2C3)cc1. The van der Waals surface area contributed by atoms with E-state index in [1.54, 1.807) is 0 Å². The highest BCUT2D eigenvalue weighted by atomic mass is 14.3. The molecule has 0 heterocycles. The van der Waals surface area contributed by atoms with Gasteiger partial charge in [-0.3, -0.25) is 0 Å². The van der Waals surface area contributed by atoms with Crippen LogP contribution in [0.4, 0.5) is 0 Å². The Kier molecular flexibility index (Phi) is 5.55. The van der Waals surface area contributed by atoms with Gasteiger partial charge in [0.1, 0.15) is 0 Å². The van der Waals surface area contributed by atoms with Crippen molar-refractivity contribution in [1.29, 1.82) is 0 Å². The largest absolute Gasteiger partial charge is 0.0587 e. The molecule has 0 fully saturated rings. The molecule has 4 aromatic rings. The molecule has 0 heteroatoms. The minimum absolute atomic E-state index is 0.0622. The van der Waals surface area contributed by atoms with E-state index in [0.717, 1.165) is 6.42 Å². The molecule has 0 amide bonds. The Labute approximate surface area is 212 Å². The minimum atomic E-state index is 0.0622. The molecule has 0 aliphatic heterocycles. The average molecular weight is 459 g/mol. The van der Waals surface area contributed by atoms with E-state index in [0.29, 0.717) is 0 Å². The molecule has 0 spiro atoms. The van der Waals surface area contributed by atoms with Crippen molar-refractivity contribution in [2.45, 2.75) is 72.6 Å². The fraction of sp³-hybridized carbons (Fsp3) is 0.314. The van der Waals surface area contributed by atoms with Crippen LogP contribution in [0.1, 0.15) is 74.9 Å². The van der Waals surface area contributed by atoms with Crippen LogP contribution in [-0.4, -0.2) is 0 Å². The minimum Gasteiger partial charge on any atom is -0.0587 e. The third-order valence-electron chi connectivity index (χ3n) is 7.50. The van der Waals surface area contributed by atoms with Gasteiger partial charge in [0.25, 0.3) is 0 Å². The number of fused-ring (bicyclic) bond motifs is 3. The summed E-state index contributed by atoms with van der Waals surface area (Å²) in [5, 5.41) is 0. The van der Waals surface area contributed by atoms with Crippen LogP contribution in [0.3, 0.4) is 0 Å². The number of hydrogen-bond acceptors (Lipinski definition) is 0. The lowest BCUT2D eigenvalue weighted by atomic mass is 9.78. The summed E-state index contributed by atoms with van der Waals surface area (Å²) in [6, 6.07) is 28.0. The standard InChI is InChI=1S/C35H38/c1-22-9-13-24(14-10-22)30-18-26-17-27-19-31(25-15-11-23(2)12-16-25)33(35(6,7)8)21-29(27)28(26)20-32(30)34(3,4)5/h9-16,18-21H,17H2,1-8H3. The lowest BCUT2D eigenvalue weighted by Gasteiger charge is -2.26. The van der Waals surface area contributed by atoms with E-state index in [1.807, 2.05) is 0 Å². The molecule has 1 aliphatic rings. The number of benzene rings is 4. The molecule has 0 saturated carbocycles. The summed E-state index contributed by atoms with van der Waals surface area (Å²) in [5.74, 6) is 0. The lowest BCUT2D eigenvalue weighted by Crippen LogP contribution is -2.14. The molecule has 5 rings (SSSR count). The zero-order valence-corrected chi connectivity index (χ0v) is 22.6. The van der Waals surface area contributed by atoms with E-state index in [4.69, 9.17) is 0 Å². The highest BCUT2D eigenvalue weighted by Crippen LogP contribution is 2.47. The summed E-state index contributed by atoms with van der Waals surface area (Å²) in [6.07, 6.45) is 0.997. The van der Waals surface area contributed by atoms with E-state index < -0.39 is 0 Å². The van der Waals surface area contributed by atoms with E-state index in [1.165, 1.54) is 66.8 Å². The first kappa shape index (κ1) is 23.6. The maximum atomic E-state index is 2.49. The van der Waals surface area contributed by atoms with Gasteiger partial charge in [0.05, 0.1) is 0 Å². The molecule has 0 N–H and O–H groups in total. The van der Waals surface area contributed by atoms with Crippen LogP contribution in [0.15, 0.2) is 72.8 Å². The number of aryl methyl sites for hydroxylation is 2. The summed E-state index contributed by atoms with van der Waals surface area (Å²) in [6.45, 7) is 18.3. The maximum absolute atomic E-state index is 2.49. The Morgan fingerprint density at radius 3 is 1.11 bits per heavy atom. The molecule has 35 heavy (non-hydrogen) atoms. The molecule has 0 unspecified atom stereocenters. The van der Waals surface area contributed by atoms with Gasteiger partial charge < -0.3 is 0 Å².